The van der Waals surface area contributed by atoms with Crippen LogP contribution in [-0.2, 0) is 11.3 Å². The summed E-state index contributed by atoms with van der Waals surface area (Å²) in [6, 6.07) is 5.08. The number of benzene rings is 1. The number of furan rings is 1. The van der Waals surface area contributed by atoms with Gasteiger partial charge in [0.1, 0.15) is 22.7 Å². The summed E-state index contributed by atoms with van der Waals surface area (Å²) in [6.45, 7) is 12.3. The molecule has 1 fully saturated rings. The average Bonchev–Trinajstić information content (AvgIpc) is 3.47. The van der Waals surface area contributed by atoms with Crippen LogP contribution < -0.4 is 10.6 Å². The van der Waals surface area contributed by atoms with E-state index in [-0.39, 0.29) is 52.2 Å². The van der Waals surface area contributed by atoms with Crippen molar-refractivity contribution in [3.63, 3.8) is 0 Å². The predicted octanol–water partition coefficient (Wildman–Crippen LogP) is 5.72. The zero-order chi connectivity index (χ0) is 32.2. The van der Waals surface area contributed by atoms with E-state index in [0.29, 0.717) is 19.6 Å². The van der Waals surface area contributed by atoms with Gasteiger partial charge in [-0.3, -0.25) is 14.3 Å². The summed E-state index contributed by atoms with van der Waals surface area (Å²) in [6.07, 6.45) is 4.19. The Hall–Kier alpha value is -5.00. The van der Waals surface area contributed by atoms with Gasteiger partial charge in [0.05, 0.1) is 23.8 Å². The van der Waals surface area contributed by atoms with E-state index in [1.807, 2.05) is 38.7 Å². The lowest BCUT2D eigenvalue weighted by atomic mass is 9.99. The van der Waals surface area contributed by atoms with Gasteiger partial charge < -0.3 is 14.2 Å². The van der Waals surface area contributed by atoms with E-state index in [9.17, 15) is 14.0 Å². The second-order valence-electron chi connectivity index (χ2n) is 11.6. The maximum absolute atomic E-state index is 16.1. The number of nitrogens with zero attached hydrogens (tertiary/aromatic N) is 6. The standard InChI is InChI=1S/C33H31F3N6O3/c1-6-25(43)40-10-11-41(19(5)15-40)32-21-14-24(35)29(26-27(36)23(34)13-20-8-12-45-30(20)26)38-31(21)42(33(44)39-32)16-22-18(4)7-9-37-28(22)17(2)3/h6-9,12-14,17,19H,1,10-11,15-16H2,2-5H3/t19-/m0/s1. The first-order valence-corrected chi connectivity index (χ1v) is 14.6. The predicted molar refractivity (Wildman–Crippen MR) is 165 cm³/mol. The lowest BCUT2D eigenvalue weighted by Gasteiger charge is -2.40. The minimum atomic E-state index is -1.33. The van der Waals surface area contributed by atoms with Crippen molar-refractivity contribution in [1.29, 1.82) is 0 Å². The van der Waals surface area contributed by atoms with E-state index in [1.54, 1.807) is 11.1 Å². The van der Waals surface area contributed by atoms with Crippen LogP contribution in [0.15, 0.2) is 58.6 Å². The normalized spacial score (nSPS) is 15.4. The van der Waals surface area contributed by atoms with E-state index in [2.05, 4.69) is 21.5 Å². The molecule has 1 aromatic carbocycles. The highest BCUT2D eigenvalue weighted by Gasteiger charge is 2.31. The number of halogens is 3. The highest BCUT2D eigenvalue weighted by molar-refractivity contribution is 5.95. The van der Waals surface area contributed by atoms with Gasteiger partial charge in [-0.25, -0.2) is 22.9 Å². The Labute approximate surface area is 256 Å². The second-order valence-corrected chi connectivity index (χ2v) is 11.6. The third-order valence-corrected chi connectivity index (χ3v) is 8.33. The van der Waals surface area contributed by atoms with Crippen molar-refractivity contribution in [3.8, 4) is 11.3 Å². The molecule has 0 aliphatic carbocycles. The summed E-state index contributed by atoms with van der Waals surface area (Å²) in [4.78, 5) is 43.1. The Morgan fingerprint density at radius 3 is 2.64 bits per heavy atom. The van der Waals surface area contributed by atoms with Gasteiger partial charge in [0.2, 0.25) is 5.91 Å². The van der Waals surface area contributed by atoms with Gasteiger partial charge in [0.25, 0.3) is 0 Å². The van der Waals surface area contributed by atoms with Crippen LogP contribution in [0.2, 0.25) is 0 Å². The maximum atomic E-state index is 16.1. The zero-order valence-corrected chi connectivity index (χ0v) is 25.3. The zero-order valence-electron chi connectivity index (χ0n) is 25.3. The highest BCUT2D eigenvalue weighted by Crippen LogP contribution is 2.37. The van der Waals surface area contributed by atoms with E-state index in [4.69, 9.17) is 4.42 Å². The largest absolute Gasteiger partial charge is 0.464 e. The number of anilines is 1. The van der Waals surface area contributed by atoms with E-state index >= 15 is 8.78 Å². The van der Waals surface area contributed by atoms with Crippen LogP contribution in [0.25, 0.3) is 33.3 Å². The summed E-state index contributed by atoms with van der Waals surface area (Å²) in [5, 5.41) is 0.428. The van der Waals surface area contributed by atoms with Gasteiger partial charge in [0.15, 0.2) is 17.5 Å². The highest BCUT2D eigenvalue weighted by atomic mass is 19.2. The molecule has 45 heavy (non-hydrogen) atoms. The first-order chi connectivity index (χ1) is 21.5. The molecule has 1 aliphatic rings. The Morgan fingerprint density at radius 1 is 1.16 bits per heavy atom. The first kappa shape index (κ1) is 30.0. The van der Waals surface area contributed by atoms with Gasteiger partial charge in [-0.15, -0.1) is 0 Å². The van der Waals surface area contributed by atoms with Crippen molar-refractivity contribution in [2.24, 2.45) is 0 Å². The molecular formula is C33H31F3N6O3. The van der Waals surface area contributed by atoms with Crippen LogP contribution in [-0.4, -0.2) is 56.0 Å². The third-order valence-electron chi connectivity index (χ3n) is 8.33. The third kappa shape index (κ3) is 5.13. The monoisotopic (exact) mass is 616 g/mol. The van der Waals surface area contributed by atoms with Crippen molar-refractivity contribution in [3.05, 3.63) is 94.1 Å². The Morgan fingerprint density at radius 2 is 1.93 bits per heavy atom. The number of aryl methyl sites for hydroxylation is 1. The fraction of sp³-hybridized carbons (Fsp3) is 0.303. The Balaban J connectivity index is 1.61. The van der Waals surface area contributed by atoms with Gasteiger partial charge in [0, 0.05) is 43.0 Å². The molecule has 0 spiro atoms. The summed E-state index contributed by atoms with van der Waals surface area (Å²) in [7, 11) is 0. The number of rotatable bonds is 6. The molecule has 0 saturated carbocycles. The molecule has 12 heteroatoms. The van der Waals surface area contributed by atoms with E-state index < -0.39 is 34.4 Å². The van der Waals surface area contributed by atoms with Gasteiger partial charge in [-0.05, 0) is 61.2 Å². The summed E-state index contributed by atoms with van der Waals surface area (Å²) in [5.41, 5.74) is 0.706. The molecule has 1 saturated heterocycles. The van der Waals surface area contributed by atoms with Crippen molar-refractivity contribution in [1.82, 2.24) is 24.4 Å². The lowest BCUT2D eigenvalue weighted by molar-refractivity contribution is -0.126. The van der Waals surface area contributed by atoms with Crippen LogP contribution >= 0.6 is 0 Å². The Bertz CT molecular complexity index is 2050. The molecule has 0 unspecified atom stereocenters. The number of piperazine rings is 1. The maximum Gasteiger partial charge on any atom is 0.351 e. The lowest BCUT2D eigenvalue weighted by Crippen LogP contribution is -2.54. The molecular weight excluding hydrogens is 585 g/mol. The van der Waals surface area contributed by atoms with Gasteiger partial charge in [-0.1, -0.05) is 20.4 Å². The quantitative estimate of drug-likeness (QED) is 0.225. The minimum absolute atomic E-state index is 0.00678. The molecule has 232 valence electrons. The smallest absolute Gasteiger partial charge is 0.351 e. The number of hydrogen-bond acceptors (Lipinski definition) is 7. The first-order valence-electron chi connectivity index (χ1n) is 14.6. The fourth-order valence-corrected chi connectivity index (χ4v) is 6.03. The molecule has 1 atom stereocenters. The average molecular weight is 617 g/mol. The minimum Gasteiger partial charge on any atom is -0.464 e. The molecule has 5 aromatic rings. The van der Waals surface area contributed by atoms with Crippen LogP contribution in [0.1, 0.15) is 43.5 Å². The number of amides is 1. The summed E-state index contributed by atoms with van der Waals surface area (Å²) >= 11 is 0. The van der Waals surface area contributed by atoms with Gasteiger partial charge in [-0.2, -0.15) is 4.98 Å². The fourth-order valence-electron chi connectivity index (χ4n) is 6.03. The second kappa shape index (κ2) is 11.5. The van der Waals surface area contributed by atoms with Crippen molar-refractivity contribution in [2.75, 3.05) is 24.5 Å². The summed E-state index contributed by atoms with van der Waals surface area (Å²) < 4.78 is 52.9. The molecule has 5 heterocycles. The molecule has 6 rings (SSSR count). The SMILES string of the molecule is C=CC(=O)N1CCN(c2nc(=O)n(Cc3c(C)ccnc3C(C)C)c3nc(-c4c(F)c(F)cc5ccoc45)c(F)cc23)[C@@H](C)C1. The van der Waals surface area contributed by atoms with Crippen LogP contribution in [0.4, 0.5) is 19.0 Å². The molecule has 0 radical (unpaired) electrons. The molecule has 4 aromatic heterocycles. The number of carbonyl (C=O) groups is 1. The van der Waals surface area contributed by atoms with Crippen molar-refractivity contribution >= 4 is 33.7 Å². The van der Waals surface area contributed by atoms with E-state index in [0.717, 1.165) is 29.0 Å². The number of carbonyl (C=O) groups excluding carboxylic acids is 1. The van der Waals surface area contributed by atoms with Crippen molar-refractivity contribution in [2.45, 2.75) is 46.2 Å². The van der Waals surface area contributed by atoms with Crippen LogP contribution in [0, 0.1) is 24.4 Å². The number of pyridine rings is 2. The molecule has 1 aliphatic heterocycles. The van der Waals surface area contributed by atoms with E-state index in [1.165, 1.54) is 23.0 Å². The Kier molecular flexibility index (Phi) is 7.67. The summed E-state index contributed by atoms with van der Waals surface area (Å²) in [5.74, 6) is -3.49. The molecule has 0 bridgehead atoms. The van der Waals surface area contributed by atoms with Gasteiger partial charge >= 0.3 is 5.69 Å². The van der Waals surface area contributed by atoms with Crippen molar-refractivity contribution < 1.29 is 22.4 Å². The number of hydrogen-bond donors (Lipinski definition) is 0. The van der Waals surface area contributed by atoms with Crippen LogP contribution in [0.3, 0.4) is 0 Å². The topological polar surface area (TPSA) is 97.4 Å². The molecule has 0 N–H and O–H groups in total. The molecule has 1 amide bonds. The van der Waals surface area contributed by atoms with Crippen LogP contribution in [0.5, 0.6) is 0 Å². The number of aromatic nitrogens is 4. The number of fused-ring (bicyclic) bond motifs is 2. The molecule has 9 nitrogen and oxygen atoms in total.